The van der Waals surface area contributed by atoms with Gasteiger partial charge in [0.25, 0.3) is 5.69 Å². The lowest BCUT2D eigenvalue weighted by molar-refractivity contribution is -0.384. The van der Waals surface area contributed by atoms with E-state index < -0.39 is 4.92 Å². The van der Waals surface area contributed by atoms with Crippen LogP contribution in [0.15, 0.2) is 24.5 Å². The first-order valence-electron chi connectivity index (χ1n) is 5.18. The number of nitrogens with one attached hydrogen (secondary N) is 1. The normalized spacial score (nSPS) is 10.3. The molecule has 8 heteroatoms. The predicted molar refractivity (Wildman–Crippen MR) is 65.8 cm³/mol. The highest BCUT2D eigenvalue weighted by atomic mass is 16.6. The fraction of sp³-hybridized carbons (Fsp3) is 0.200. The zero-order chi connectivity index (χ0) is 13.1. The van der Waals surface area contributed by atoms with Crippen LogP contribution >= 0.6 is 0 Å². The minimum atomic E-state index is -0.507. The van der Waals surface area contributed by atoms with Crippen LogP contribution in [0.1, 0.15) is 5.56 Å². The number of pyridine rings is 1. The van der Waals surface area contributed by atoms with Gasteiger partial charge in [0.15, 0.2) is 0 Å². The van der Waals surface area contributed by atoms with Crippen LogP contribution in [0.5, 0.6) is 0 Å². The summed E-state index contributed by atoms with van der Waals surface area (Å²) < 4.78 is 1.67. The zero-order valence-corrected chi connectivity index (χ0v) is 9.70. The van der Waals surface area contributed by atoms with Gasteiger partial charge in [-0.2, -0.15) is 5.10 Å². The van der Waals surface area contributed by atoms with Gasteiger partial charge in [0, 0.05) is 25.4 Å². The number of hydrogen-bond donors (Lipinski definition) is 2. The second-order valence-electron chi connectivity index (χ2n) is 3.77. The number of aryl methyl sites for hydroxylation is 1. The SMILES string of the molecule is Cn1cc(CNc2cc([N+](=O)[O-])cc(N)n2)cn1. The van der Waals surface area contributed by atoms with Crippen LogP contribution in [0, 0.1) is 10.1 Å². The molecule has 18 heavy (non-hydrogen) atoms. The molecule has 94 valence electrons. The van der Waals surface area contributed by atoms with E-state index in [-0.39, 0.29) is 11.5 Å². The molecule has 8 nitrogen and oxygen atoms in total. The summed E-state index contributed by atoms with van der Waals surface area (Å²) in [5.74, 6) is 0.475. The Morgan fingerprint density at radius 2 is 2.33 bits per heavy atom. The van der Waals surface area contributed by atoms with Crippen LogP contribution in [0.4, 0.5) is 17.3 Å². The van der Waals surface area contributed by atoms with Gasteiger partial charge >= 0.3 is 0 Å². The van der Waals surface area contributed by atoms with Crippen molar-refractivity contribution >= 4 is 17.3 Å². The molecule has 0 saturated carbocycles. The number of nitrogens with zero attached hydrogens (tertiary/aromatic N) is 4. The van der Waals surface area contributed by atoms with Crippen molar-refractivity contribution < 1.29 is 4.92 Å². The molecule has 0 bridgehead atoms. The molecule has 0 spiro atoms. The fourth-order valence-electron chi connectivity index (χ4n) is 1.49. The first kappa shape index (κ1) is 11.8. The van der Waals surface area contributed by atoms with Crippen molar-refractivity contribution in [3.05, 3.63) is 40.2 Å². The predicted octanol–water partition coefficient (Wildman–Crippen LogP) is 0.918. The minimum absolute atomic E-state index is 0.0869. The lowest BCUT2D eigenvalue weighted by Crippen LogP contribution is -2.03. The largest absolute Gasteiger partial charge is 0.383 e. The number of nitrogen functional groups attached to an aromatic ring is 1. The van der Waals surface area contributed by atoms with Crippen molar-refractivity contribution in [2.24, 2.45) is 7.05 Å². The summed E-state index contributed by atoms with van der Waals surface area (Å²) in [6.07, 6.45) is 3.54. The number of hydrogen-bond acceptors (Lipinski definition) is 6. The molecule has 3 N–H and O–H groups in total. The first-order chi connectivity index (χ1) is 8.54. The summed E-state index contributed by atoms with van der Waals surface area (Å²) in [4.78, 5) is 14.1. The molecule has 0 saturated heterocycles. The van der Waals surface area contributed by atoms with Crippen LogP contribution in [-0.4, -0.2) is 19.7 Å². The summed E-state index contributed by atoms with van der Waals surface area (Å²) >= 11 is 0. The first-order valence-corrected chi connectivity index (χ1v) is 5.18. The number of aromatic nitrogens is 3. The maximum Gasteiger partial charge on any atom is 0.276 e. The Kier molecular flexibility index (Phi) is 3.09. The summed E-state index contributed by atoms with van der Waals surface area (Å²) in [6.45, 7) is 0.474. The Hall–Kier alpha value is -2.64. The van der Waals surface area contributed by atoms with E-state index in [9.17, 15) is 10.1 Å². The Labute approximate surface area is 103 Å². The summed E-state index contributed by atoms with van der Waals surface area (Å²) in [7, 11) is 1.81. The maximum atomic E-state index is 10.7. The lowest BCUT2D eigenvalue weighted by Gasteiger charge is -2.04. The van der Waals surface area contributed by atoms with Crippen molar-refractivity contribution in [1.82, 2.24) is 14.8 Å². The Bertz CT molecular complexity index is 579. The quantitative estimate of drug-likeness (QED) is 0.614. The summed E-state index contributed by atoms with van der Waals surface area (Å²) in [5.41, 5.74) is 6.36. The van der Waals surface area contributed by atoms with Gasteiger partial charge in [-0.3, -0.25) is 14.8 Å². The van der Waals surface area contributed by atoms with E-state index in [0.29, 0.717) is 12.4 Å². The van der Waals surface area contributed by atoms with Gasteiger partial charge in [-0.15, -0.1) is 0 Å². The highest BCUT2D eigenvalue weighted by molar-refractivity contribution is 5.52. The number of nitro groups is 1. The fourth-order valence-corrected chi connectivity index (χ4v) is 1.49. The van der Waals surface area contributed by atoms with Gasteiger partial charge < -0.3 is 11.1 Å². The topological polar surface area (TPSA) is 112 Å². The summed E-state index contributed by atoms with van der Waals surface area (Å²) in [5, 5.41) is 17.6. The van der Waals surface area contributed by atoms with Gasteiger partial charge in [0.05, 0.1) is 23.3 Å². The minimum Gasteiger partial charge on any atom is -0.383 e. The van der Waals surface area contributed by atoms with Gasteiger partial charge in [-0.25, -0.2) is 4.98 Å². The van der Waals surface area contributed by atoms with E-state index in [1.807, 2.05) is 13.2 Å². The van der Waals surface area contributed by atoms with Gasteiger partial charge in [-0.05, 0) is 0 Å². The molecule has 2 heterocycles. The molecule has 2 rings (SSSR count). The summed E-state index contributed by atoms with van der Waals surface area (Å²) in [6, 6.07) is 2.56. The highest BCUT2D eigenvalue weighted by Gasteiger charge is 2.09. The molecule has 0 aliphatic heterocycles. The average molecular weight is 248 g/mol. The van der Waals surface area contributed by atoms with E-state index in [0.717, 1.165) is 5.56 Å². The number of rotatable bonds is 4. The van der Waals surface area contributed by atoms with Crippen molar-refractivity contribution in [3.8, 4) is 0 Å². The van der Waals surface area contributed by atoms with Crippen LogP contribution in [0.2, 0.25) is 0 Å². The van der Waals surface area contributed by atoms with E-state index >= 15 is 0 Å². The third-order valence-corrected chi connectivity index (χ3v) is 2.27. The Balaban J connectivity index is 2.11. The van der Waals surface area contributed by atoms with Crippen LogP contribution in [-0.2, 0) is 13.6 Å². The standard InChI is InChI=1S/C10H12N6O2/c1-15-6-7(5-13-15)4-12-10-3-8(16(17)18)2-9(11)14-10/h2-3,5-6H,4H2,1H3,(H3,11,12,14). The molecular formula is C10H12N6O2. The molecule has 0 radical (unpaired) electrons. The van der Waals surface area contributed by atoms with Crippen LogP contribution < -0.4 is 11.1 Å². The molecule has 0 amide bonds. The number of anilines is 2. The van der Waals surface area contributed by atoms with Crippen LogP contribution in [0.25, 0.3) is 0 Å². The smallest absolute Gasteiger partial charge is 0.276 e. The molecule has 2 aromatic heterocycles. The molecule has 0 fully saturated rings. The van der Waals surface area contributed by atoms with E-state index in [4.69, 9.17) is 5.73 Å². The van der Waals surface area contributed by atoms with E-state index in [1.165, 1.54) is 12.1 Å². The van der Waals surface area contributed by atoms with Gasteiger partial charge in [0.1, 0.15) is 11.6 Å². The lowest BCUT2D eigenvalue weighted by atomic mass is 10.3. The van der Waals surface area contributed by atoms with Crippen molar-refractivity contribution in [1.29, 1.82) is 0 Å². The van der Waals surface area contributed by atoms with E-state index in [2.05, 4.69) is 15.4 Å². The van der Waals surface area contributed by atoms with Crippen molar-refractivity contribution in [2.45, 2.75) is 6.54 Å². The van der Waals surface area contributed by atoms with Crippen LogP contribution in [0.3, 0.4) is 0 Å². The Morgan fingerprint density at radius 1 is 1.56 bits per heavy atom. The molecule has 0 unspecified atom stereocenters. The van der Waals surface area contributed by atoms with Gasteiger partial charge in [0.2, 0.25) is 0 Å². The second kappa shape index (κ2) is 4.70. The number of nitrogens with two attached hydrogens (primary N) is 1. The van der Waals surface area contributed by atoms with Crippen molar-refractivity contribution in [3.63, 3.8) is 0 Å². The molecule has 0 aliphatic rings. The highest BCUT2D eigenvalue weighted by Crippen LogP contribution is 2.19. The zero-order valence-electron chi connectivity index (χ0n) is 9.70. The van der Waals surface area contributed by atoms with E-state index in [1.54, 1.807) is 10.9 Å². The monoisotopic (exact) mass is 248 g/mol. The second-order valence-corrected chi connectivity index (χ2v) is 3.77. The average Bonchev–Trinajstić information content (AvgIpc) is 2.72. The maximum absolute atomic E-state index is 10.7. The Morgan fingerprint density at radius 3 is 2.94 bits per heavy atom. The third kappa shape index (κ3) is 2.73. The molecule has 0 atom stereocenters. The van der Waals surface area contributed by atoms with Crippen molar-refractivity contribution in [2.75, 3.05) is 11.1 Å². The molecule has 0 aromatic carbocycles. The van der Waals surface area contributed by atoms with Gasteiger partial charge in [-0.1, -0.05) is 0 Å². The third-order valence-electron chi connectivity index (χ3n) is 2.27. The molecular weight excluding hydrogens is 236 g/mol. The molecule has 0 aliphatic carbocycles. The molecule has 2 aromatic rings.